The zero-order valence-electron chi connectivity index (χ0n) is 16.0. The van der Waals surface area contributed by atoms with E-state index in [9.17, 15) is 9.90 Å². The Kier molecular flexibility index (Phi) is 5.28. The SMILES string of the molecule is C[C@@H](O)CN1CCN(c2ccc(Nc3ncc4cc(C(=O)O)[nH]c4n3)nc2)CC1. The molecule has 1 aliphatic rings. The number of pyridine rings is 1. The molecule has 4 heterocycles. The molecule has 3 aromatic rings. The Balaban J connectivity index is 1.39. The minimum atomic E-state index is -1.04. The minimum absolute atomic E-state index is 0.0717. The molecule has 10 nitrogen and oxygen atoms in total. The maximum Gasteiger partial charge on any atom is 0.352 e. The smallest absolute Gasteiger partial charge is 0.352 e. The largest absolute Gasteiger partial charge is 0.477 e. The second kappa shape index (κ2) is 8.02. The average Bonchev–Trinajstić information content (AvgIpc) is 3.13. The van der Waals surface area contributed by atoms with Crippen molar-refractivity contribution in [2.45, 2.75) is 13.0 Å². The summed E-state index contributed by atoms with van der Waals surface area (Å²) in [4.78, 5) is 31.3. The Morgan fingerprint density at radius 3 is 2.69 bits per heavy atom. The van der Waals surface area contributed by atoms with Crippen LogP contribution in [0.4, 0.5) is 17.5 Å². The van der Waals surface area contributed by atoms with Gasteiger partial charge in [0.15, 0.2) is 0 Å². The first kappa shape index (κ1) is 19.1. The average molecular weight is 397 g/mol. The van der Waals surface area contributed by atoms with Crippen LogP contribution in [0.1, 0.15) is 17.4 Å². The fourth-order valence-corrected chi connectivity index (χ4v) is 3.42. The lowest BCUT2D eigenvalue weighted by molar-refractivity contribution is 0.0691. The van der Waals surface area contributed by atoms with E-state index < -0.39 is 5.97 Å². The first-order chi connectivity index (χ1) is 14.0. The molecule has 0 amide bonds. The van der Waals surface area contributed by atoms with E-state index in [2.05, 4.69) is 35.1 Å². The Morgan fingerprint density at radius 2 is 2.03 bits per heavy atom. The van der Waals surface area contributed by atoms with Crippen LogP contribution in [0, 0.1) is 0 Å². The van der Waals surface area contributed by atoms with Gasteiger partial charge < -0.3 is 25.4 Å². The molecule has 29 heavy (non-hydrogen) atoms. The van der Waals surface area contributed by atoms with Crippen LogP contribution in [-0.2, 0) is 0 Å². The number of carboxylic acids is 1. The number of H-pyrrole nitrogens is 1. The van der Waals surface area contributed by atoms with Gasteiger partial charge in [-0.25, -0.2) is 14.8 Å². The standard InChI is InChI=1S/C19H23N7O3/c1-12(27)11-25-4-6-26(7-5-25)14-2-3-16(20-10-14)23-19-21-9-13-8-15(18(28)29)22-17(13)24-19/h2-3,8-10,12,27H,4-7,11H2,1H3,(H,28,29)(H2,20,21,22,23,24)/t12-/m1/s1. The molecule has 10 heteroatoms. The second-order valence-electron chi connectivity index (χ2n) is 7.15. The summed E-state index contributed by atoms with van der Waals surface area (Å²) in [5.74, 6) is -0.101. The number of hydrogen-bond donors (Lipinski definition) is 4. The van der Waals surface area contributed by atoms with Crippen LogP contribution in [0.3, 0.4) is 0 Å². The van der Waals surface area contributed by atoms with Crippen molar-refractivity contribution in [2.75, 3.05) is 42.9 Å². The molecular formula is C19H23N7O3. The number of aromatic carboxylic acids is 1. The number of carbonyl (C=O) groups is 1. The van der Waals surface area contributed by atoms with Crippen molar-refractivity contribution in [1.29, 1.82) is 0 Å². The number of nitrogens with one attached hydrogen (secondary N) is 2. The first-order valence-corrected chi connectivity index (χ1v) is 9.45. The molecule has 0 aromatic carbocycles. The van der Waals surface area contributed by atoms with E-state index in [1.54, 1.807) is 6.20 Å². The zero-order valence-corrected chi connectivity index (χ0v) is 16.0. The van der Waals surface area contributed by atoms with Crippen LogP contribution in [0.5, 0.6) is 0 Å². The lowest BCUT2D eigenvalue weighted by Gasteiger charge is -2.36. The highest BCUT2D eigenvalue weighted by Gasteiger charge is 2.18. The van der Waals surface area contributed by atoms with Crippen LogP contribution in [0.25, 0.3) is 11.0 Å². The molecule has 4 N–H and O–H groups in total. The number of fused-ring (bicyclic) bond motifs is 1. The molecule has 0 radical (unpaired) electrons. The number of nitrogens with zero attached hydrogens (tertiary/aromatic N) is 5. The molecule has 0 unspecified atom stereocenters. The van der Waals surface area contributed by atoms with Crippen LogP contribution in [-0.4, -0.2) is 79.8 Å². The molecule has 0 bridgehead atoms. The maximum atomic E-state index is 11.1. The topological polar surface area (TPSA) is 130 Å². The van der Waals surface area contributed by atoms with Gasteiger partial charge in [0.2, 0.25) is 5.95 Å². The van der Waals surface area contributed by atoms with E-state index in [0.29, 0.717) is 29.3 Å². The van der Waals surface area contributed by atoms with E-state index >= 15 is 0 Å². The van der Waals surface area contributed by atoms with Gasteiger partial charge in [-0.2, -0.15) is 4.98 Å². The number of aromatic nitrogens is 4. The summed E-state index contributed by atoms with van der Waals surface area (Å²) in [6.45, 7) is 6.11. The summed E-state index contributed by atoms with van der Waals surface area (Å²) in [6.07, 6.45) is 3.06. The van der Waals surface area contributed by atoms with Crippen LogP contribution in [0.2, 0.25) is 0 Å². The summed E-state index contributed by atoms with van der Waals surface area (Å²) in [6, 6.07) is 5.35. The highest BCUT2D eigenvalue weighted by molar-refractivity contribution is 5.92. The number of β-amino-alcohol motifs (C(OH)–C–C–N with tert-alkyl or cyclic N) is 1. The molecule has 1 saturated heterocycles. The van der Waals surface area contributed by atoms with Crippen molar-refractivity contribution >= 4 is 34.5 Å². The number of rotatable bonds is 6. The van der Waals surface area contributed by atoms with E-state index in [1.807, 2.05) is 25.3 Å². The molecule has 1 aliphatic heterocycles. The summed E-state index contributed by atoms with van der Waals surface area (Å²) in [5.41, 5.74) is 1.56. The zero-order chi connectivity index (χ0) is 20.4. The molecule has 3 aromatic heterocycles. The Labute approximate surface area is 167 Å². The predicted molar refractivity (Wildman–Crippen MR) is 109 cm³/mol. The Hall–Kier alpha value is -3.24. The quantitative estimate of drug-likeness (QED) is 0.486. The van der Waals surface area contributed by atoms with E-state index in [-0.39, 0.29) is 11.8 Å². The number of aliphatic hydroxyl groups is 1. The first-order valence-electron chi connectivity index (χ1n) is 9.45. The highest BCUT2D eigenvalue weighted by Crippen LogP contribution is 2.20. The number of piperazine rings is 1. The number of anilines is 3. The third-order valence-electron chi connectivity index (χ3n) is 4.85. The second-order valence-corrected chi connectivity index (χ2v) is 7.15. The number of aliphatic hydroxyl groups excluding tert-OH is 1. The van der Waals surface area contributed by atoms with Crippen molar-refractivity contribution in [3.8, 4) is 0 Å². The molecule has 1 atom stereocenters. The van der Waals surface area contributed by atoms with Gasteiger partial charge >= 0.3 is 5.97 Å². The fourth-order valence-electron chi connectivity index (χ4n) is 3.42. The van der Waals surface area contributed by atoms with Crippen molar-refractivity contribution in [3.05, 3.63) is 36.3 Å². The van der Waals surface area contributed by atoms with Gasteiger partial charge in [-0.15, -0.1) is 0 Å². The van der Waals surface area contributed by atoms with E-state index in [4.69, 9.17) is 5.11 Å². The molecule has 0 saturated carbocycles. The van der Waals surface area contributed by atoms with Gasteiger partial charge in [0.05, 0.1) is 18.0 Å². The van der Waals surface area contributed by atoms with Gasteiger partial charge in [-0.1, -0.05) is 0 Å². The van der Waals surface area contributed by atoms with Crippen molar-refractivity contribution in [1.82, 2.24) is 24.8 Å². The van der Waals surface area contributed by atoms with Crippen molar-refractivity contribution < 1.29 is 15.0 Å². The predicted octanol–water partition coefficient (Wildman–Crippen LogP) is 1.30. The Morgan fingerprint density at radius 1 is 1.24 bits per heavy atom. The summed E-state index contributed by atoms with van der Waals surface area (Å²) < 4.78 is 0. The monoisotopic (exact) mass is 397 g/mol. The lowest BCUT2D eigenvalue weighted by atomic mass is 10.2. The van der Waals surface area contributed by atoms with E-state index in [0.717, 1.165) is 31.9 Å². The fraction of sp³-hybridized carbons (Fsp3) is 0.368. The third kappa shape index (κ3) is 4.44. The number of carboxylic acid groups (broad SMARTS) is 1. The van der Waals surface area contributed by atoms with Crippen molar-refractivity contribution in [2.24, 2.45) is 0 Å². The van der Waals surface area contributed by atoms with E-state index in [1.165, 1.54) is 6.07 Å². The molecule has 1 fully saturated rings. The van der Waals surface area contributed by atoms with Gasteiger partial charge in [-0.3, -0.25) is 4.90 Å². The van der Waals surface area contributed by atoms with Crippen LogP contribution >= 0.6 is 0 Å². The van der Waals surface area contributed by atoms with Crippen LogP contribution < -0.4 is 10.2 Å². The summed E-state index contributed by atoms with van der Waals surface area (Å²) in [5, 5.41) is 22.2. The van der Waals surface area contributed by atoms with Gasteiger partial charge in [0, 0.05) is 44.3 Å². The van der Waals surface area contributed by atoms with Gasteiger partial charge in [0.25, 0.3) is 0 Å². The molecular weight excluding hydrogens is 374 g/mol. The number of aromatic amines is 1. The Bertz CT molecular complexity index is 995. The number of hydrogen-bond acceptors (Lipinski definition) is 8. The molecule has 4 rings (SSSR count). The molecule has 152 valence electrons. The maximum absolute atomic E-state index is 11.1. The van der Waals surface area contributed by atoms with Crippen LogP contribution in [0.15, 0.2) is 30.6 Å². The minimum Gasteiger partial charge on any atom is -0.477 e. The summed E-state index contributed by atoms with van der Waals surface area (Å²) in [7, 11) is 0. The van der Waals surface area contributed by atoms with Gasteiger partial charge in [-0.05, 0) is 25.1 Å². The normalized spacial score (nSPS) is 16.1. The summed E-state index contributed by atoms with van der Waals surface area (Å²) >= 11 is 0. The molecule has 0 aliphatic carbocycles. The lowest BCUT2D eigenvalue weighted by Crippen LogP contribution is -2.48. The third-order valence-corrected chi connectivity index (χ3v) is 4.85. The highest BCUT2D eigenvalue weighted by atomic mass is 16.4. The molecule has 0 spiro atoms. The van der Waals surface area contributed by atoms with Crippen molar-refractivity contribution in [3.63, 3.8) is 0 Å². The van der Waals surface area contributed by atoms with Gasteiger partial charge in [0.1, 0.15) is 17.2 Å².